The molecule has 3 aromatic rings. The van der Waals surface area contributed by atoms with Gasteiger partial charge in [0.05, 0.1) is 17.0 Å². The number of aromatic nitrogens is 2. The third kappa shape index (κ3) is 7.52. The van der Waals surface area contributed by atoms with Gasteiger partial charge in [-0.15, -0.1) is 0 Å². The molecule has 1 aromatic carbocycles. The molecule has 1 fully saturated rings. The van der Waals surface area contributed by atoms with Gasteiger partial charge in [-0.2, -0.15) is 0 Å². The van der Waals surface area contributed by atoms with Crippen molar-refractivity contribution in [3.63, 3.8) is 0 Å². The van der Waals surface area contributed by atoms with Crippen LogP contribution in [-0.2, 0) is 0 Å². The van der Waals surface area contributed by atoms with Crippen molar-refractivity contribution in [3.05, 3.63) is 52.7 Å². The van der Waals surface area contributed by atoms with Gasteiger partial charge in [-0.1, -0.05) is 47.1 Å². The molecule has 2 heterocycles. The summed E-state index contributed by atoms with van der Waals surface area (Å²) in [4.78, 5) is 17.7. The number of aliphatic hydroxyl groups excluding tert-OH is 1. The maximum atomic E-state index is 13.0. The van der Waals surface area contributed by atoms with Crippen LogP contribution in [-0.4, -0.2) is 26.5 Å². The van der Waals surface area contributed by atoms with Crippen LogP contribution in [0.4, 0.5) is 0 Å². The minimum Gasteiger partial charge on any atom is -0.394 e. The second kappa shape index (κ2) is 12.7. The van der Waals surface area contributed by atoms with Gasteiger partial charge in [0.1, 0.15) is 0 Å². The molecule has 1 aliphatic carbocycles. The first kappa shape index (κ1) is 29.8. The van der Waals surface area contributed by atoms with Crippen LogP contribution in [0.15, 0.2) is 30.5 Å². The number of aryl methyl sites for hydroxylation is 3. The molecule has 2 aromatic heterocycles. The van der Waals surface area contributed by atoms with E-state index in [0.717, 1.165) is 27.9 Å². The van der Waals surface area contributed by atoms with E-state index in [1.807, 2.05) is 20.0 Å². The van der Waals surface area contributed by atoms with Crippen molar-refractivity contribution in [1.82, 2.24) is 9.55 Å². The smallest absolute Gasteiger partial charge is 0.165 e. The van der Waals surface area contributed by atoms with E-state index in [9.17, 15) is 4.79 Å². The minimum atomic E-state index is -0.167. The molecule has 0 radical (unpaired) electrons. The molecule has 0 amide bonds. The average molecular weight is 493 g/mol. The van der Waals surface area contributed by atoms with Gasteiger partial charge in [-0.05, 0) is 94.2 Å². The molecule has 1 N–H and O–H groups in total. The number of fused-ring (bicyclic) bond motifs is 1. The van der Waals surface area contributed by atoms with Crippen LogP contribution >= 0.6 is 0 Å². The van der Waals surface area contributed by atoms with Gasteiger partial charge in [-0.3, -0.25) is 9.78 Å². The minimum absolute atomic E-state index is 0.167. The number of carbonyl (C=O) groups is 1. The van der Waals surface area contributed by atoms with Crippen LogP contribution in [0.3, 0.4) is 0 Å². The Morgan fingerprint density at radius 2 is 1.64 bits per heavy atom. The molecule has 4 heteroatoms. The molecule has 0 bridgehead atoms. The molecule has 0 spiro atoms. The van der Waals surface area contributed by atoms with Gasteiger partial charge in [0.15, 0.2) is 5.78 Å². The highest BCUT2D eigenvalue weighted by Crippen LogP contribution is 2.43. The third-order valence-electron chi connectivity index (χ3n) is 6.87. The predicted octanol–water partition coefficient (Wildman–Crippen LogP) is 8.78. The highest BCUT2D eigenvalue weighted by Gasteiger charge is 2.30. The quantitative estimate of drug-likeness (QED) is 0.370. The number of hydrogen-bond donors (Lipinski definition) is 1. The zero-order valence-electron chi connectivity index (χ0n) is 24.3. The molecule has 1 aliphatic rings. The van der Waals surface area contributed by atoms with Gasteiger partial charge in [0, 0.05) is 35.7 Å². The Hall–Kier alpha value is -2.46. The van der Waals surface area contributed by atoms with Crippen LogP contribution in [0.5, 0.6) is 0 Å². The topological polar surface area (TPSA) is 55.1 Å². The Balaban J connectivity index is 0.000000390. The van der Waals surface area contributed by atoms with Crippen molar-refractivity contribution in [3.8, 4) is 11.4 Å². The molecule has 1 saturated carbocycles. The molecular formula is C32H48N2O2. The summed E-state index contributed by atoms with van der Waals surface area (Å²) in [6.07, 6.45) is 7.12. The normalized spacial score (nSPS) is 13.6. The molecular weight excluding hydrogens is 444 g/mol. The van der Waals surface area contributed by atoms with E-state index in [4.69, 9.17) is 10.1 Å². The van der Waals surface area contributed by atoms with Crippen molar-refractivity contribution in [2.75, 3.05) is 0 Å². The number of benzene rings is 1. The number of carbonyl (C=O) groups excluding carboxylic acids is 1. The van der Waals surface area contributed by atoms with Gasteiger partial charge in [-0.25, -0.2) is 0 Å². The summed E-state index contributed by atoms with van der Waals surface area (Å²) >= 11 is 0. The number of pyridine rings is 1. The van der Waals surface area contributed by atoms with Crippen LogP contribution in [0, 0.1) is 26.2 Å². The standard InChI is InChI=1S/C23H26N2O.C6H14.C3H8O/c1-5-21(26)22-18-11-15(3)16(4)12-20(18)25(17-7-6-8-17)23(22)19-10-9-14(2)13-24-19;1-5-6(2,3)4;1-3(2)4/h9-13,17H,5-8H2,1-4H3;5H2,1-4H3;3-4H,1-2H3. The lowest BCUT2D eigenvalue weighted by Crippen LogP contribution is -2.18. The van der Waals surface area contributed by atoms with Gasteiger partial charge in [0.25, 0.3) is 0 Å². The highest BCUT2D eigenvalue weighted by molar-refractivity contribution is 6.13. The van der Waals surface area contributed by atoms with E-state index in [2.05, 4.69) is 70.4 Å². The van der Waals surface area contributed by atoms with Crippen molar-refractivity contribution in [2.24, 2.45) is 5.41 Å². The number of ketones is 1. The molecule has 36 heavy (non-hydrogen) atoms. The first-order chi connectivity index (χ1) is 16.8. The average Bonchev–Trinajstić information content (AvgIpc) is 3.06. The van der Waals surface area contributed by atoms with Gasteiger partial charge >= 0.3 is 0 Å². The Morgan fingerprint density at radius 1 is 1.08 bits per heavy atom. The first-order valence-corrected chi connectivity index (χ1v) is 13.6. The molecule has 0 atom stereocenters. The Kier molecular flexibility index (Phi) is 10.5. The van der Waals surface area contributed by atoms with E-state index in [0.29, 0.717) is 17.9 Å². The zero-order chi connectivity index (χ0) is 27.2. The van der Waals surface area contributed by atoms with Gasteiger partial charge in [0.2, 0.25) is 0 Å². The van der Waals surface area contributed by atoms with Crippen LogP contribution in [0.2, 0.25) is 0 Å². The second-order valence-corrected chi connectivity index (χ2v) is 11.6. The summed E-state index contributed by atoms with van der Waals surface area (Å²) in [6, 6.07) is 9.07. The Bertz CT molecular complexity index is 1140. The van der Waals surface area contributed by atoms with E-state index in [-0.39, 0.29) is 11.9 Å². The first-order valence-electron chi connectivity index (χ1n) is 13.6. The lowest BCUT2D eigenvalue weighted by atomic mass is 9.92. The molecule has 0 saturated heterocycles. The second-order valence-electron chi connectivity index (χ2n) is 11.6. The van der Waals surface area contributed by atoms with Gasteiger partial charge < -0.3 is 9.67 Å². The van der Waals surface area contributed by atoms with Crippen molar-refractivity contribution >= 4 is 16.7 Å². The van der Waals surface area contributed by atoms with Crippen molar-refractivity contribution < 1.29 is 9.90 Å². The monoisotopic (exact) mass is 492 g/mol. The molecule has 0 unspecified atom stereocenters. The molecule has 198 valence electrons. The highest BCUT2D eigenvalue weighted by atomic mass is 16.3. The lowest BCUT2D eigenvalue weighted by molar-refractivity contribution is 0.0990. The maximum absolute atomic E-state index is 13.0. The van der Waals surface area contributed by atoms with Crippen LogP contribution in [0.1, 0.15) is 114 Å². The zero-order valence-corrected chi connectivity index (χ0v) is 24.3. The molecule has 4 rings (SSSR count). The van der Waals surface area contributed by atoms with Crippen molar-refractivity contribution in [1.29, 1.82) is 0 Å². The predicted molar refractivity (Wildman–Crippen MR) is 154 cm³/mol. The van der Waals surface area contributed by atoms with Crippen LogP contribution in [0.25, 0.3) is 22.3 Å². The van der Waals surface area contributed by atoms with Crippen molar-refractivity contribution in [2.45, 2.75) is 113 Å². The summed E-state index contributed by atoms with van der Waals surface area (Å²) in [6.45, 7) is 20.6. The van der Waals surface area contributed by atoms with E-state index in [1.165, 1.54) is 42.3 Å². The summed E-state index contributed by atoms with van der Waals surface area (Å²) < 4.78 is 2.41. The maximum Gasteiger partial charge on any atom is 0.165 e. The third-order valence-corrected chi connectivity index (χ3v) is 6.87. The largest absolute Gasteiger partial charge is 0.394 e. The summed E-state index contributed by atoms with van der Waals surface area (Å²) in [5.41, 5.74) is 8.15. The number of rotatable bonds is 4. The SMILES string of the molecule is CC(C)O.CCC(=O)c1c(-c2ccc(C)cn2)n(C2CCC2)c2cc(C)c(C)cc12.CCC(C)(C)C. The number of Topliss-reactive ketones (excluding diaryl/α,β-unsaturated/α-hetero) is 1. The Morgan fingerprint density at radius 3 is 2.06 bits per heavy atom. The van der Waals surface area contributed by atoms with E-state index >= 15 is 0 Å². The number of nitrogens with zero attached hydrogens (tertiary/aromatic N) is 2. The summed E-state index contributed by atoms with van der Waals surface area (Å²) in [7, 11) is 0. The van der Waals surface area contributed by atoms with E-state index < -0.39 is 0 Å². The fourth-order valence-corrected chi connectivity index (χ4v) is 3.91. The fraction of sp³-hybridized carbons (Fsp3) is 0.562. The summed E-state index contributed by atoms with van der Waals surface area (Å²) in [5, 5.41) is 9.14. The summed E-state index contributed by atoms with van der Waals surface area (Å²) in [5.74, 6) is 0.203. The van der Waals surface area contributed by atoms with E-state index in [1.54, 1.807) is 13.8 Å². The Labute approximate surface area is 219 Å². The lowest BCUT2D eigenvalue weighted by Gasteiger charge is -2.30. The molecule has 0 aliphatic heterocycles. The van der Waals surface area contributed by atoms with Crippen LogP contribution < -0.4 is 0 Å². The fourth-order valence-electron chi connectivity index (χ4n) is 3.91. The number of aliphatic hydroxyl groups is 1. The number of hydrogen-bond acceptors (Lipinski definition) is 3. The molecule has 4 nitrogen and oxygen atoms in total.